The van der Waals surface area contributed by atoms with Crippen molar-refractivity contribution in [1.82, 2.24) is 20.0 Å². The Morgan fingerprint density at radius 1 is 1.36 bits per heavy atom. The number of amides is 2. The molecule has 0 spiro atoms. The molecule has 130 valence electrons. The number of likely N-dealkylation sites (N-methyl/N-ethyl adjacent to an activating group) is 1. The van der Waals surface area contributed by atoms with Gasteiger partial charge in [0, 0.05) is 18.8 Å². The van der Waals surface area contributed by atoms with E-state index in [0.717, 1.165) is 13.0 Å². The number of nitrogens with one attached hydrogen (secondary N) is 2. The van der Waals surface area contributed by atoms with Gasteiger partial charge in [-0.15, -0.1) is 0 Å². The van der Waals surface area contributed by atoms with Crippen LogP contribution in [0.5, 0.6) is 0 Å². The predicted octanol–water partition coefficient (Wildman–Crippen LogP) is 2.36. The van der Waals surface area contributed by atoms with Crippen molar-refractivity contribution in [2.24, 2.45) is 0 Å². The average molecular weight is 338 g/mol. The second kappa shape index (κ2) is 7.81. The van der Waals surface area contributed by atoms with Crippen LogP contribution < -0.4 is 10.6 Å². The zero-order valence-electron chi connectivity index (χ0n) is 14.2. The van der Waals surface area contributed by atoms with Gasteiger partial charge < -0.3 is 5.32 Å². The summed E-state index contributed by atoms with van der Waals surface area (Å²) in [5.41, 5.74) is 1.20. The molecule has 0 bridgehead atoms. The molecule has 1 aromatic carbocycles. The van der Waals surface area contributed by atoms with E-state index in [9.17, 15) is 4.79 Å². The highest BCUT2D eigenvalue weighted by Gasteiger charge is 2.33. The summed E-state index contributed by atoms with van der Waals surface area (Å²) in [7, 11) is 2.08. The van der Waals surface area contributed by atoms with Crippen LogP contribution in [0.4, 0.5) is 10.6 Å². The Kier molecular flexibility index (Phi) is 5.31. The molecular weight excluding hydrogens is 316 g/mol. The Morgan fingerprint density at radius 3 is 2.92 bits per heavy atom. The summed E-state index contributed by atoms with van der Waals surface area (Å²) >= 11 is 0. The number of benzene rings is 1. The monoisotopic (exact) mass is 338 g/mol. The Morgan fingerprint density at radius 2 is 2.16 bits per heavy atom. The molecule has 0 aliphatic carbocycles. The van der Waals surface area contributed by atoms with Crippen LogP contribution in [-0.4, -0.2) is 40.3 Å². The first-order valence-electron chi connectivity index (χ1n) is 8.40. The fourth-order valence-corrected chi connectivity index (χ4v) is 3.27. The number of rotatable bonds is 5. The first-order chi connectivity index (χ1) is 12.2. The molecule has 2 aromatic rings. The predicted molar refractivity (Wildman–Crippen MR) is 94.8 cm³/mol. The number of carbonyl (C=O) groups is 1. The summed E-state index contributed by atoms with van der Waals surface area (Å²) < 4.78 is 1.65. The lowest BCUT2D eigenvalue weighted by Gasteiger charge is -2.26. The molecule has 2 atom stereocenters. The molecule has 3 rings (SSSR count). The number of hydrogen-bond acceptors (Lipinski definition) is 4. The number of aryl methyl sites for hydroxylation is 1. The molecule has 7 heteroatoms. The minimum Gasteiger partial charge on any atom is -0.333 e. The van der Waals surface area contributed by atoms with Gasteiger partial charge in [-0.05, 0) is 19.0 Å². The van der Waals surface area contributed by atoms with Crippen molar-refractivity contribution < 1.29 is 4.79 Å². The second-order valence-corrected chi connectivity index (χ2v) is 6.20. The molecule has 1 aromatic heterocycles. The molecule has 0 radical (unpaired) electrons. The molecule has 1 aliphatic heterocycles. The second-order valence-electron chi connectivity index (χ2n) is 6.20. The zero-order valence-corrected chi connectivity index (χ0v) is 14.2. The van der Waals surface area contributed by atoms with E-state index in [2.05, 4.69) is 45.9 Å². The lowest BCUT2D eigenvalue weighted by atomic mass is 10.0. The molecule has 0 unspecified atom stereocenters. The summed E-state index contributed by atoms with van der Waals surface area (Å²) in [6.07, 6.45) is 3.05. The van der Waals surface area contributed by atoms with Crippen LogP contribution >= 0.6 is 0 Å². The van der Waals surface area contributed by atoms with E-state index in [-0.39, 0.29) is 18.1 Å². The largest absolute Gasteiger partial charge is 0.333 e. The van der Waals surface area contributed by atoms with Crippen LogP contribution in [0.3, 0.4) is 0 Å². The van der Waals surface area contributed by atoms with Crippen LogP contribution in [-0.2, 0) is 6.54 Å². The minimum absolute atomic E-state index is 0.0491. The molecule has 7 nitrogen and oxygen atoms in total. The molecule has 1 saturated heterocycles. The van der Waals surface area contributed by atoms with Crippen molar-refractivity contribution >= 4 is 11.8 Å². The normalized spacial score (nSPS) is 20.2. The number of carbonyl (C=O) groups excluding carboxylic acids is 1. The summed E-state index contributed by atoms with van der Waals surface area (Å²) in [5.74, 6) is 0.484. The molecule has 2 heterocycles. The third kappa shape index (κ3) is 4.17. The van der Waals surface area contributed by atoms with Crippen molar-refractivity contribution in [2.45, 2.75) is 31.5 Å². The van der Waals surface area contributed by atoms with E-state index in [0.29, 0.717) is 18.8 Å². The number of nitrogens with zero attached hydrogens (tertiary/aromatic N) is 4. The molecule has 25 heavy (non-hydrogen) atoms. The van der Waals surface area contributed by atoms with E-state index in [1.807, 2.05) is 18.2 Å². The van der Waals surface area contributed by atoms with Gasteiger partial charge >= 0.3 is 6.03 Å². The average Bonchev–Trinajstić information content (AvgIpc) is 3.20. The number of aromatic nitrogens is 2. The Labute approximate surface area is 147 Å². The number of anilines is 1. The van der Waals surface area contributed by atoms with Gasteiger partial charge in [-0.2, -0.15) is 10.4 Å². The van der Waals surface area contributed by atoms with E-state index >= 15 is 0 Å². The SMILES string of the molecule is CN1CC[C@H](NC(=O)Nc2ccn(CCC#N)n2)[C@@H]1c1ccccc1. The highest BCUT2D eigenvalue weighted by atomic mass is 16.2. The van der Waals surface area contributed by atoms with E-state index < -0.39 is 0 Å². The van der Waals surface area contributed by atoms with Gasteiger partial charge in [0.2, 0.25) is 0 Å². The van der Waals surface area contributed by atoms with Gasteiger partial charge in [-0.3, -0.25) is 14.9 Å². The number of urea groups is 1. The minimum atomic E-state index is -0.258. The molecular formula is C18H22N6O. The molecule has 2 N–H and O–H groups in total. The van der Waals surface area contributed by atoms with Gasteiger partial charge in [0.1, 0.15) is 0 Å². The highest BCUT2D eigenvalue weighted by molar-refractivity contribution is 5.88. The van der Waals surface area contributed by atoms with Crippen LogP contribution in [0.2, 0.25) is 0 Å². The van der Waals surface area contributed by atoms with Crippen LogP contribution in [0, 0.1) is 11.3 Å². The smallest absolute Gasteiger partial charge is 0.320 e. The number of hydrogen-bond donors (Lipinski definition) is 2. The van der Waals surface area contributed by atoms with Crippen molar-refractivity contribution in [3.05, 3.63) is 48.2 Å². The molecule has 1 fully saturated rings. The van der Waals surface area contributed by atoms with Crippen molar-refractivity contribution in [2.75, 3.05) is 18.9 Å². The van der Waals surface area contributed by atoms with Crippen LogP contribution in [0.1, 0.15) is 24.4 Å². The van der Waals surface area contributed by atoms with Crippen LogP contribution in [0.15, 0.2) is 42.6 Å². The Bertz CT molecular complexity index is 750. The molecule has 2 amide bonds. The van der Waals surface area contributed by atoms with E-state index in [1.54, 1.807) is 16.9 Å². The van der Waals surface area contributed by atoms with E-state index in [4.69, 9.17) is 5.26 Å². The highest BCUT2D eigenvalue weighted by Crippen LogP contribution is 2.30. The van der Waals surface area contributed by atoms with Gasteiger partial charge in [-0.25, -0.2) is 4.79 Å². The third-order valence-electron chi connectivity index (χ3n) is 4.44. The maximum atomic E-state index is 12.3. The summed E-state index contributed by atoms with van der Waals surface area (Å²) in [5, 5.41) is 18.7. The maximum Gasteiger partial charge on any atom is 0.320 e. The zero-order chi connectivity index (χ0) is 17.6. The lowest BCUT2D eigenvalue weighted by Crippen LogP contribution is -2.41. The molecule has 1 aliphatic rings. The van der Waals surface area contributed by atoms with Gasteiger partial charge in [0.25, 0.3) is 0 Å². The molecule has 0 saturated carbocycles. The van der Waals surface area contributed by atoms with Gasteiger partial charge in [0.15, 0.2) is 5.82 Å². The van der Waals surface area contributed by atoms with Crippen LogP contribution in [0.25, 0.3) is 0 Å². The van der Waals surface area contributed by atoms with Gasteiger partial charge in [-0.1, -0.05) is 30.3 Å². The Hall–Kier alpha value is -2.85. The topological polar surface area (TPSA) is 86.0 Å². The van der Waals surface area contributed by atoms with Gasteiger partial charge in [0.05, 0.1) is 31.1 Å². The quantitative estimate of drug-likeness (QED) is 0.876. The summed E-state index contributed by atoms with van der Waals surface area (Å²) in [6, 6.07) is 14.0. The Balaban J connectivity index is 1.60. The maximum absolute atomic E-state index is 12.3. The standard InChI is InChI=1S/C18H22N6O/c1-23-12-8-15(17(23)14-6-3-2-4-7-14)20-18(25)21-16-9-13-24(22-16)11-5-10-19/h2-4,6-7,9,13,15,17H,5,8,11-12H2,1H3,(H2,20,21,22,25)/t15-,17-/m0/s1. The summed E-state index contributed by atoms with van der Waals surface area (Å²) in [4.78, 5) is 14.6. The first-order valence-corrected chi connectivity index (χ1v) is 8.40. The summed E-state index contributed by atoms with van der Waals surface area (Å²) in [6.45, 7) is 1.45. The van der Waals surface area contributed by atoms with Crippen molar-refractivity contribution in [3.8, 4) is 6.07 Å². The third-order valence-corrected chi connectivity index (χ3v) is 4.44. The lowest BCUT2D eigenvalue weighted by molar-refractivity contribution is 0.240. The fraction of sp³-hybridized carbons (Fsp3) is 0.389. The van der Waals surface area contributed by atoms with Crippen molar-refractivity contribution in [3.63, 3.8) is 0 Å². The first kappa shape index (κ1) is 17.0. The number of likely N-dealkylation sites (tertiary alicyclic amines) is 1. The fourth-order valence-electron chi connectivity index (χ4n) is 3.27. The van der Waals surface area contributed by atoms with E-state index in [1.165, 1.54) is 5.56 Å². The van der Waals surface area contributed by atoms with Crippen molar-refractivity contribution in [1.29, 1.82) is 5.26 Å². The number of nitriles is 1.